The van der Waals surface area contributed by atoms with Crippen molar-refractivity contribution in [2.45, 2.75) is 6.54 Å². The van der Waals surface area contributed by atoms with E-state index in [4.69, 9.17) is 0 Å². The lowest BCUT2D eigenvalue weighted by atomic mass is 10.3. The minimum atomic E-state index is 0.0608. The third-order valence-electron chi connectivity index (χ3n) is 1.70. The maximum atomic E-state index is 11.2. The van der Waals surface area contributed by atoms with E-state index in [1.54, 1.807) is 22.3 Å². The van der Waals surface area contributed by atoms with Gasteiger partial charge in [-0.15, -0.1) is 0 Å². The van der Waals surface area contributed by atoms with Crippen LogP contribution in [-0.4, -0.2) is 9.55 Å². The lowest BCUT2D eigenvalue weighted by Crippen LogP contribution is -2.13. The van der Waals surface area contributed by atoms with Gasteiger partial charge in [-0.25, -0.2) is 0 Å². The first-order valence-corrected chi connectivity index (χ1v) is 4.78. The summed E-state index contributed by atoms with van der Waals surface area (Å²) >= 11 is 1.20. The Bertz CT molecular complexity index is 432. The smallest absolute Gasteiger partial charge is 0.300 e. The number of hydrogen-bond acceptors (Lipinski definition) is 3. The largest absolute Gasteiger partial charge is 0.307 e. The van der Waals surface area contributed by atoms with E-state index in [1.165, 1.54) is 11.3 Å². The van der Waals surface area contributed by atoms with Gasteiger partial charge in [0.05, 0.1) is 12.2 Å². The first-order valence-electron chi connectivity index (χ1n) is 3.90. The fraction of sp³-hybridized carbons (Fsp3) is 0.111. The molecule has 2 aromatic rings. The number of aromatic nitrogens is 2. The Labute approximate surface area is 79.3 Å². The summed E-state index contributed by atoms with van der Waals surface area (Å²) in [7, 11) is 0. The minimum Gasteiger partial charge on any atom is -0.300 e. The molecular weight excluding hydrogens is 184 g/mol. The molecule has 2 heterocycles. The van der Waals surface area contributed by atoms with Gasteiger partial charge in [-0.1, -0.05) is 17.4 Å². The van der Waals surface area contributed by atoms with Crippen molar-refractivity contribution in [1.29, 1.82) is 0 Å². The van der Waals surface area contributed by atoms with Crippen LogP contribution >= 0.6 is 11.3 Å². The Kier molecular flexibility index (Phi) is 2.23. The number of thiazole rings is 1. The van der Waals surface area contributed by atoms with Crippen LogP contribution in [-0.2, 0) is 6.54 Å². The van der Waals surface area contributed by atoms with E-state index in [0.29, 0.717) is 6.54 Å². The van der Waals surface area contributed by atoms with Gasteiger partial charge in [0.1, 0.15) is 0 Å². The van der Waals surface area contributed by atoms with Crippen LogP contribution in [0, 0.1) is 0 Å². The highest BCUT2D eigenvalue weighted by molar-refractivity contribution is 7.07. The molecule has 0 aliphatic rings. The zero-order valence-electron chi connectivity index (χ0n) is 6.88. The fourth-order valence-electron chi connectivity index (χ4n) is 1.07. The van der Waals surface area contributed by atoms with Gasteiger partial charge in [-0.3, -0.25) is 14.3 Å². The standard InChI is InChI=1S/C9H8N2OS/c12-9-11(5-6-13-9)7-8-3-1-2-4-10-8/h1-6H,7H2. The van der Waals surface area contributed by atoms with Crippen LogP contribution in [0.15, 0.2) is 40.8 Å². The summed E-state index contributed by atoms with van der Waals surface area (Å²) in [5.41, 5.74) is 0.906. The minimum absolute atomic E-state index is 0.0608. The quantitative estimate of drug-likeness (QED) is 0.720. The van der Waals surface area contributed by atoms with Crippen molar-refractivity contribution in [2.75, 3.05) is 0 Å². The Hall–Kier alpha value is -1.42. The maximum absolute atomic E-state index is 11.2. The summed E-state index contributed by atoms with van der Waals surface area (Å²) in [6.07, 6.45) is 3.51. The van der Waals surface area contributed by atoms with E-state index < -0.39 is 0 Å². The molecule has 0 saturated carbocycles. The molecule has 13 heavy (non-hydrogen) atoms. The van der Waals surface area contributed by atoms with Crippen LogP contribution in [0.4, 0.5) is 0 Å². The second-order valence-corrected chi connectivity index (χ2v) is 3.47. The van der Waals surface area contributed by atoms with E-state index in [-0.39, 0.29) is 4.87 Å². The summed E-state index contributed by atoms with van der Waals surface area (Å²) in [5, 5.41) is 1.78. The molecule has 0 aromatic carbocycles. The Morgan fingerprint density at radius 3 is 3.00 bits per heavy atom. The fourth-order valence-corrected chi connectivity index (χ4v) is 1.66. The first kappa shape index (κ1) is 8.19. The lowest BCUT2D eigenvalue weighted by Gasteiger charge is -1.98. The molecule has 2 aromatic heterocycles. The van der Waals surface area contributed by atoms with Crippen LogP contribution in [0.2, 0.25) is 0 Å². The molecule has 0 bridgehead atoms. The first-order chi connectivity index (χ1) is 6.36. The highest BCUT2D eigenvalue weighted by Gasteiger charge is 1.97. The number of nitrogens with zero attached hydrogens (tertiary/aromatic N) is 2. The Morgan fingerprint density at radius 2 is 2.38 bits per heavy atom. The van der Waals surface area contributed by atoms with E-state index >= 15 is 0 Å². The van der Waals surface area contributed by atoms with E-state index in [9.17, 15) is 4.79 Å². The van der Waals surface area contributed by atoms with Crippen LogP contribution in [0.3, 0.4) is 0 Å². The monoisotopic (exact) mass is 192 g/mol. The third kappa shape index (κ3) is 1.84. The van der Waals surface area contributed by atoms with Crippen LogP contribution in [0.25, 0.3) is 0 Å². The highest BCUT2D eigenvalue weighted by atomic mass is 32.1. The van der Waals surface area contributed by atoms with Gasteiger partial charge in [0.15, 0.2) is 0 Å². The normalized spacial score (nSPS) is 10.2. The van der Waals surface area contributed by atoms with Crippen molar-refractivity contribution in [3.05, 3.63) is 51.3 Å². The van der Waals surface area contributed by atoms with Crippen LogP contribution < -0.4 is 4.87 Å². The van der Waals surface area contributed by atoms with E-state index in [1.807, 2.05) is 18.2 Å². The van der Waals surface area contributed by atoms with Crippen LogP contribution in [0.5, 0.6) is 0 Å². The second-order valence-electron chi connectivity index (χ2n) is 2.62. The predicted molar refractivity (Wildman–Crippen MR) is 51.9 cm³/mol. The molecule has 0 amide bonds. The molecule has 0 spiro atoms. The molecule has 3 nitrogen and oxygen atoms in total. The topological polar surface area (TPSA) is 34.9 Å². The van der Waals surface area contributed by atoms with Crippen molar-refractivity contribution >= 4 is 11.3 Å². The van der Waals surface area contributed by atoms with Crippen molar-refractivity contribution < 1.29 is 0 Å². The lowest BCUT2D eigenvalue weighted by molar-refractivity contribution is 0.761. The van der Waals surface area contributed by atoms with Gasteiger partial charge in [0.2, 0.25) is 0 Å². The molecule has 0 saturated heterocycles. The average Bonchev–Trinajstić information content (AvgIpc) is 2.54. The molecule has 66 valence electrons. The third-order valence-corrected chi connectivity index (χ3v) is 2.40. The average molecular weight is 192 g/mol. The molecule has 0 atom stereocenters. The van der Waals surface area contributed by atoms with E-state index in [2.05, 4.69) is 4.98 Å². The maximum Gasteiger partial charge on any atom is 0.307 e. The van der Waals surface area contributed by atoms with Gasteiger partial charge in [0.25, 0.3) is 0 Å². The molecule has 0 fully saturated rings. The SMILES string of the molecule is O=c1sccn1Cc1ccccn1. The molecular formula is C9H8N2OS. The molecule has 0 N–H and O–H groups in total. The van der Waals surface area contributed by atoms with Gasteiger partial charge in [0, 0.05) is 17.8 Å². The number of rotatable bonds is 2. The second kappa shape index (κ2) is 3.53. The predicted octanol–water partition coefficient (Wildman–Crippen LogP) is 1.35. The molecule has 2 rings (SSSR count). The highest BCUT2D eigenvalue weighted by Crippen LogP contribution is 1.97. The summed E-state index contributed by atoms with van der Waals surface area (Å²) in [5.74, 6) is 0. The summed E-state index contributed by atoms with van der Waals surface area (Å²) < 4.78 is 1.65. The van der Waals surface area contributed by atoms with Gasteiger partial charge >= 0.3 is 4.87 Å². The van der Waals surface area contributed by atoms with E-state index in [0.717, 1.165) is 5.69 Å². The van der Waals surface area contributed by atoms with Crippen molar-refractivity contribution in [2.24, 2.45) is 0 Å². The molecule has 0 unspecified atom stereocenters. The molecule has 0 aliphatic heterocycles. The number of pyridine rings is 1. The number of hydrogen-bond donors (Lipinski definition) is 0. The molecule has 4 heteroatoms. The Balaban J connectivity index is 2.25. The summed E-state index contributed by atoms with van der Waals surface area (Å²) in [4.78, 5) is 15.4. The Morgan fingerprint density at radius 1 is 1.46 bits per heavy atom. The van der Waals surface area contributed by atoms with Gasteiger partial charge in [-0.05, 0) is 12.1 Å². The zero-order chi connectivity index (χ0) is 9.10. The van der Waals surface area contributed by atoms with Crippen LogP contribution in [0.1, 0.15) is 5.69 Å². The molecule has 0 aliphatic carbocycles. The van der Waals surface area contributed by atoms with Gasteiger partial charge in [-0.2, -0.15) is 0 Å². The van der Waals surface area contributed by atoms with Crippen molar-refractivity contribution in [1.82, 2.24) is 9.55 Å². The molecule has 0 radical (unpaired) electrons. The van der Waals surface area contributed by atoms with Crippen molar-refractivity contribution in [3.8, 4) is 0 Å². The summed E-state index contributed by atoms with van der Waals surface area (Å²) in [6.45, 7) is 0.559. The van der Waals surface area contributed by atoms with Crippen molar-refractivity contribution in [3.63, 3.8) is 0 Å². The zero-order valence-corrected chi connectivity index (χ0v) is 7.70. The summed E-state index contributed by atoms with van der Waals surface area (Å²) in [6, 6.07) is 5.68. The van der Waals surface area contributed by atoms with Gasteiger partial charge < -0.3 is 0 Å².